The maximum atomic E-state index is 11.8. The molecule has 2 fully saturated rings. The number of carbonyl (C=O) groups is 1. The van der Waals surface area contributed by atoms with Crippen molar-refractivity contribution in [1.82, 2.24) is 16.0 Å². The van der Waals surface area contributed by atoms with Crippen LogP contribution < -0.4 is 16.0 Å². The molecule has 2 aliphatic carbocycles. The summed E-state index contributed by atoms with van der Waals surface area (Å²) in [7, 11) is 1.77. The summed E-state index contributed by atoms with van der Waals surface area (Å²) < 4.78 is 10.4. The van der Waals surface area contributed by atoms with Gasteiger partial charge in [0.05, 0.1) is 12.6 Å². The molecule has 2 rings (SSSR count). The number of ether oxygens (including phenoxy) is 2. The van der Waals surface area contributed by atoms with Crippen molar-refractivity contribution >= 4 is 12.1 Å². The maximum absolute atomic E-state index is 11.8. The number of methoxy groups -OCH3 is 1. The number of alkyl carbamates (subject to hydrolysis) is 1. The van der Waals surface area contributed by atoms with Crippen LogP contribution in [0.2, 0.25) is 0 Å². The summed E-state index contributed by atoms with van der Waals surface area (Å²) >= 11 is 0. The number of guanidine groups is 1. The molecule has 0 radical (unpaired) electrons. The van der Waals surface area contributed by atoms with Crippen LogP contribution in [-0.2, 0) is 9.47 Å². The fraction of sp³-hybridized carbons (Fsp3) is 0.900. The molecule has 1 amide bonds. The van der Waals surface area contributed by atoms with E-state index in [1.807, 2.05) is 6.92 Å². The van der Waals surface area contributed by atoms with Crippen molar-refractivity contribution < 1.29 is 14.3 Å². The first-order valence-electron chi connectivity index (χ1n) is 10.6. The molecule has 1 unspecified atom stereocenters. The molecule has 7 heteroatoms. The van der Waals surface area contributed by atoms with E-state index in [0.29, 0.717) is 19.1 Å². The standard InChI is InChI=1S/C20H38N4O3/c1-4-21-18(23-15-20(12-13-26-3)10-6-7-11-20)22-14-17(16-8-9-16)24-19(25)27-5-2/h16-17H,4-15H2,1-3H3,(H,24,25)(H2,21,22,23). The number of carbonyl (C=O) groups excluding carboxylic acids is 1. The van der Waals surface area contributed by atoms with E-state index in [4.69, 9.17) is 14.5 Å². The second-order valence-electron chi connectivity index (χ2n) is 7.83. The second kappa shape index (κ2) is 11.4. The highest BCUT2D eigenvalue weighted by molar-refractivity contribution is 5.80. The van der Waals surface area contributed by atoms with Gasteiger partial charge in [-0.3, -0.25) is 4.99 Å². The number of hydrogen-bond donors (Lipinski definition) is 3. The normalized spacial score (nSPS) is 20.2. The van der Waals surface area contributed by atoms with Gasteiger partial charge in [-0.2, -0.15) is 0 Å². The highest BCUT2D eigenvalue weighted by atomic mass is 16.5. The molecule has 0 saturated heterocycles. The summed E-state index contributed by atoms with van der Waals surface area (Å²) in [6.07, 6.45) is 8.10. The molecule has 2 saturated carbocycles. The Kier molecular flexibility index (Phi) is 9.18. The Morgan fingerprint density at radius 3 is 2.56 bits per heavy atom. The topological polar surface area (TPSA) is 84.0 Å². The van der Waals surface area contributed by atoms with Crippen LogP contribution in [0.5, 0.6) is 0 Å². The predicted octanol–water partition coefficient (Wildman–Crippen LogP) is 2.66. The first-order chi connectivity index (χ1) is 13.1. The van der Waals surface area contributed by atoms with E-state index in [1.54, 1.807) is 7.11 Å². The molecular formula is C20H38N4O3. The summed E-state index contributed by atoms with van der Waals surface area (Å²) in [4.78, 5) is 16.7. The van der Waals surface area contributed by atoms with Crippen LogP contribution in [0, 0.1) is 11.3 Å². The van der Waals surface area contributed by atoms with Gasteiger partial charge in [0, 0.05) is 33.4 Å². The molecule has 27 heavy (non-hydrogen) atoms. The number of rotatable bonds is 11. The lowest BCUT2D eigenvalue weighted by Gasteiger charge is -2.27. The van der Waals surface area contributed by atoms with E-state index in [0.717, 1.165) is 44.9 Å². The molecule has 0 aromatic heterocycles. The minimum Gasteiger partial charge on any atom is -0.450 e. The zero-order chi connectivity index (χ0) is 19.5. The summed E-state index contributed by atoms with van der Waals surface area (Å²) in [6, 6.07) is 0.0850. The van der Waals surface area contributed by atoms with Crippen molar-refractivity contribution in [2.75, 3.05) is 40.0 Å². The summed E-state index contributed by atoms with van der Waals surface area (Å²) in [5.74, 6) is 1.37. The molecule has 156 valence electrons. The van der Waals surface area contributed by atoms with Crippen LogP contribution in [0.3, 0.4) is 0 Å². The Hall–Kier alpha value is -1.50. The largest absolute Gasteiger partial charge is 0.450 e. The first-order valence-corrected chi connectivity index (χ1v) is 10.6. The molecule has 0 heterocycles. The van der Waals surface area contributed by atoms with E-state index in [-0.39, 0.29) is 17.6 Å². The van der Waals surface area contributed by atoms with Crippen molar-refractivity contribution in [2.45, 2.75) is 64.8 Å². The highest BCUT2D eigenvalue weighted by Crippen LogP contribution is 2.41. The third-order valence-corrected chi connectivity index (χ3v) is 5.68. The fourth-order valence-corrected chi connectivity index (χ4v) is 3.88. The van der Waals surface area contributed by atoms with Crippen molar-refractivity contribution in [2.24, 2.45) is 16.3 Å². The quantitative estimate of drug-likeness (QED) is 0.378. The van der Waals surface area contributed by atoms with Gasteiger partial charge in [0.15, 0.2) is 5.96 Å². The molecule has 7 nitrogen and oxygen atoms in total. The van der Waals surface area contributed by atoms with Gasteiger partial charge in [0.2, 0.25) is 0 Å². The number of amides is 1. The molecule has 0 bridgehead atoms. The molecule has 0 aromatic rings. The minimum absolute atomic E-state index is 0.0850. The van der Waals surface area contributed by atoms with Gasteiger partial charge in [-0.05, 0) is 57.3 Å². The van der Waals surface area contributed by atoms with Crippen molar-refractivity contribution in [1.29, 1.82) is 0 Å². The molecular weight excluding hydrogens is 344 g/mol. The maximum Gasteiger partial charge on any atom is 0.407 e. The SMILES string of the molecule is CCNC(=NCC1(CCOC)CCCC1)NCC(NC(=O)OCC)C1CC1. The smallest absolute Gasteiger partial charge is 0.407 e. The minimum atomic E-state index is -0.331. The van der Waals surface area contributed by atoms with Gasteiger partial charge in [-0.25, -0.2) is 4.79 Å². The van der Waals surface area contributed by atoms with Crippen LogP contribution in [0.25, 0.3) is 0 Å². The van der Waals surface area contributed by atoms with E-state index in [1.165, 1.54) is 25.7 Å². The highest BCUT2D eigenvalue weighted by Gasteiger charge is 2.34. The average molecular weight is 383 g/mol. The van der Waals surface area contributed by atoms with Gasteiger partial charge in [0.1, 0.15) is 0 Å². The van der Waals surface area contributed by atoms with E-state index >= 15 is 0 Å². The monoisotopic (exact) mass is 382 g/mol. The Bertz CT molecular complexity index is 474. The predicted molar refractivity (Wildman–Crippen MR) is 108 cm³/mol. The third kappa shape index (κ3) is 7.56. The van der Waals surface area contributed by atoms with Crippen LogP contribution in [0.4, 0.5) is 4.79 Å². The molecule has 0 aromatic carbocycles. The fourth-order valence-electron chi connectivity index (χ4n) is 3.88. The molecule has 0 aliphatic heterocycles. The van der Waals surface area contributed by atoms with Crippen LogP contribution >= 0.6 is 0 Å². The van der Waals surface area contributed by atoms with Crippen molar-refractivity contribution in [3.05, 3.63) is 0 Å². The lowest BCUT2D eigenvalue weighted by atomic mass is 9.83. The lowest BCUT2D eigenvalue weighted by Crippen LogP contribution is -2.48. The van der Waals surface area contributed by atoms with Crippen LogP contribution in [0.15, 0.2) is 4.99 Å². The Morgan fingerprint density at radius 1 is 1.22 bits per heavy atom. The van der Waals surface area contributed by atoms with Gasteiger partial charge in [0.25, 0.3) is 0 Å². The molecule has 2 aliphatic rings. The van der Waals surface area contributed by atoms with Gasteiger partial charge >= 0.3 is 6.09 Å². The van der Waals surface area contributed by atoms with Gasteiger partial charge in [-0.1, -0.05) is 12.8 Å². The zero-order valence-electron chi connectivity index (χ0n) is 17.3. The van der Waals surface area contributed by atoms with Crippen LogP contribution in [0.1, 0.15) is 58.8 Å². The molecule has 3 N–H and O–H groups in total. The Morgan fingerprint density at radius 2 is 1.96 bits per heavy atom. The first kappa shape index (κ1) is 21.8. The summed E-state index contributed by atoms with van der Waals surface area (Å²) in [6.45, 7) is 7.39. The molecule has 1 atom stereocenters. The molecule has 0 spiro atoms. The van der Waals surface area contributed by atoms with Gasteiger partial charge < -0.3 is 25.4 Å². The average Bonchev–Trinajstić information content (AvgIpc) is 3.40. The Balaban J connectivity index is 1.90. The lowest BCUT2D eigenvalue weighted by molar-refractivity contribution is 0.141. The van der Waals surface area contributed by atoms with Crippen LogP contribution in [-0.4, -0.2) is 58.1 Å². The van der Waals surface area contributed by atoms with Crippen molar-refractivity contribution in [3.63, 3.8) is 0 Å². The van der Waals surface area contributed by atoms with Crippen molar-refractivity contribution in [3.8, 4) is 0 Å². The van der Waals surface area contributed by atoms with E-state index < -0.39 is 0 Å². The number of aliphatic imine (C=N–C) groups is 1. The Labute approximate surface area is 164 Å². The number of hydrogen-bond acceptors (Lipinski definition) is 4. The summed E-state index contributed by atoms with van der Waals surface area (Å²) in [5, 5.41) is 9.75. The third-order valence-electron chi connectivity index (χ3n) is 5.68. The number of nitrogens with one attached hydrogen (secondary N) is 3. The summed E-state index contributed by atoms with van der Waals surface area (Å²) in [5.41, 5.74) is 0.275. The van der Waals surface area contributed by atoms with E-state index in [2.05, 4.69) is 22.9 Å². The second-order valence-corrected chi connectivity index (χ2v) is 7.83. The zero-order valence-corrected chi connectivity index (χ0v) is 17.3. The van der Waals surface area contributed by atoms with Gasteiger partial charge in [-0.15, -0.1) is 0 Å². The number of nitrogens with zero attached hydrogens (tertiary/aromatic N) is 1. The van der Waals surface area contributed by atoms with E-state index in [9.17, 15) is 4.79 Å².